The van der Waals surface area contributed by atoms with Crippen molar-refractivity contribution in [2.24, 2.45) is 0 Å². The first-order valence-corrected chi connectivity index (χ1v) is 14.7. The lowest BCUT2D eigenvalue weighted by atomic mass is 10.4. The van der Waals surface area contributed by atoms with E-state index in [4.69, 9.17) is 17.1 Å². The van der Waals surface area contributed by atoms with E-state index in [1.54, 1.807) is 6.92 Å². The number of carbonyl (C=O) groups is 1. The third-order valence-corrected chi connectivity index (χ3v) is 12.0. The summed E-state index contributed by atoms with van der Waals surface area (Å²) in [6, 6.07) is 0.749. The zero-order valence-corrected chi connectivity index (χ0v) is 17.7. The van der Waals surface area contributed by atoms with Crippen LogP contribution >= 0.6 is 0 Å². The highest BCUT2D eigenvalue weighted by molar-refractivity contribution is 6.73. The van der Waals surface area contributed by atoms with Gasteiger partial charge in [0.2, 0.25) is 0 Å². The van der Waals surface area contributed by atoms with Gasteiger partial charge in [-0.05, 0) is 13.3 Å². The van der Waals surface area contributed by atoms with Gasteiger partial charge in [0.15, 0.2) is 0 Å². The molecule has 0 amide bonds. The van der Waals surface area contributed by atoms with Crippen LogP contribution in [0.5, 0.6) is 0 Å². The molecule has 5 nitrogen and oxygen atoms in total. The number of hydrogen-bond donors (Lipinski definition) is 0. The summed E-state index contributed by atoms with van der Waals surface area (Å²) >= 11 is 0. The summed E-state index contributed by atoms with van der Waals surface area (Å²) in [4.78, 5) is 11.3. The molecule has 0 aliphatic heterocycles. The summed E-state index contributed by atoms with van der Waals surface area (Å²) < 4.78 is 22.8. The summed E-state index contributed by atoms with van der Waals surface area (Å²) in [5.74, 6) is -0.338. The minimum absolute atomic E-state index is 0.338. The number of ether oxygens (including phenoxy) is 1. The summed E-state index contributed by atoms with van der Waals surface area (Å²) in [6.45, 7) is 11.8. The van der Waals surface area contributed by atoms with Crippen molar-refractivity contribution < 1.29 is 21.9 Å². The second-order valence-electron chi connectivity index (χ2n) is 4.00. The van der Waals surface area contributed by atoms with E-state index in [-0.39, 0.29) is 5.97 Å². The molecule has 0 N–H and O–H groups in total. The van der Waals surface area contributed by atoms with Gasteiger partial charge >= 0.3 is 14.8 Å². The quantitative estimate of drug-likeness (QED) is 0.228. The maximum Gasteiger partial charge on any atom is 0.468 e. The van der Waals surface area contributed by atoms with Crippen LogP contribution in [0.25, 0.3) is 0 Å². The number of hydrogen-bond acceptors (Lipinski definition) is 5. The number of esters is 1. The second-order valence-corrected chi connectivity index (χ2v) is 11.1. The Balaban J connectivity index is 4.24. The average molecular weight is 339 g/mol. The van der Waals surface area contributed by atoms with E-state index in [9.17, 15) is 4.79 Å². The molecule has 0 radical (unpaired) electrons. The highest BCUT2D eigenvalue weighted by atomic mass is 28.5. The van der Waals surface area contributed by atoms with Gasteiger partial charge in [0.05, 0.1) is 6.61 Å². The van der Waals surface area contributed by atoms with Crippen LogP contribution in [-0.2, 0) is 21.9 Å². The molecule has 9 heteroatoms. The Morgan fingerprint density at radius 2 is 1.58 bits per heavy atom. The first-order chi connectivity index (χ1) is 9.01. The van der Waals surface area contributed by atoms with Crippen LogP contribution in [0.15, 0.2) is 12.2 Å². The summed E-state index contributed by atoms with van der Waals surface area (Å²) in [6.07, 6.45) is 0.725. The Hall–Kier alpha value is -0.0425. The lowest BCUT2D eigenvalue weighted by molar-refractivity contribution is -0.138. The Morgan fingerprint density at radius 1 is 1.11 bits per heavy atom. The van der Waals surface area contributed by atoms with E-state index >= 15 is 0 Å². The van der Waals surface area contributed by atoms with E-state index < -0.39 is 38.1 Å². The largest absolute Gasteiger partial charge is 0.468 e. The Bertz CT molecular complexity index is 270. The molecule has 0 aliphatic rings. The Morgan fingerprint density at radius 3 is 1.95 bits per heavy atom. The third kappa shape index (κ3) is 7.97. The molecule has 0 rings (SSSR count). The molecule has 19 heavy (non-hydrogen) atoms. The van der Waals surface area contributed by atoms with Crippen LogP contribution in [0.4, 0.5) is 0 Å². The molecule has 0 fully saturated rings. The van der Waals surface area contributed by atoms with E-state index in [1.165, 1.54) is 0 Å². The van der Waals surface area contributed by atoms with Gasteiger partial charge in [0.1, 0.15) is 29.3 Å². The van der Waals surface area contributed by atoms with Crippen molar-refractivity contribution >= 4 is 44.1 Å². The molecule has 112 valence electrons. The zero-order valence-electron chi connectivity index (χ0n) is 12.5. The van der Waals surface area contributed by atoms with Crippen molar-refractivity contribution in [3.05, 3.63) is 12.2 Å². The summed E-state index contributed by atoms with van der Waals surface area (Å²) in [5.41, 5.74) is 0.426. The van der Waals surface area contributed by atoms with Gasteiger partial charge in [-0.1, -0.05) is 26.2 Å². The van der Waals surface area contributed by atoms with Gasteiger partial charge in [-0.2, -0.15) is 0 Å². The maximum atomic E-state index is 11.3. The monoisotopic (exact) mass is 338 g/mol. The molecule has 0 aromatic carbocycles. The fourth-order valence-corrected chi connectivity index (χ4v) is 12.4. The van der Waals surface area contributed by atoms with Crippen molar-refractivity contribution in [2.45, 2.75) is 39.0 Å². The molecule has 0 aliphatic carbocycles. The number of rotatable bonds is 11. The molecule has 0 bridgehead atoms. The minimum atomic E-state index is -2.42. The van der Waals surface area contributed by atoms with Gasteiger partial charge in [0.25, 0.3) is 0 Å². The normalized spacial score (nSPS) is 15.8. The van der Waals surface area contributed by atoms with Gasteiger partial charge in [-0.15, -0.1) is 0 Å². The van der Waals surface area contributed by atoms with E-state index in [1.807, 2.05) is 0 Å². The molecular weight excluding hydrogens is 312 g/mol. The van der Waals surface area contributed by atoms with Crippen molar-refractivity contribution in [3.63, 3.8) is 0 Å². The predicted molar refractivity (Wildman–Crippen MR) is 87.4 cm³/mol. The molecule has 0 spiro atoms. The van der Waals surface area contributed by atoms with Crippen LogP contribution in [-0.4, -0.2) is 50.7 Å². The molecule has 0 aromatic heterocycles. The highest BCUT2D eigenvalue weighted by Crippen LogP contribution is 2.17. The molecule has 0 unspecified atom stereocenters. The summed E-state index contributed by atoms with van der Waals surface area (Å²) in [7, 11) is -4.10. The van der Waals surface area contributed by atoms with Crippen molar-refractivity contribution in [2.75, 3.05) is 6.61 Å². The van der Waals surface area contributed by atoms with Gasteiger partial charge in [-0.3, -0.25) is 0 Å². The number of carbonyl (C=O) groups excluding carboxylic acids is 1. The lowest BCUT2D eigenvalue weighted by Gasteiger charge is -2.30. The van der Waals surface area contributed by atoms with Crippen LogP contribution in [0, 0.1) is 0 Å². The van der Waals surface area contributed by atoms with E-state index in [0.717, 1.165) is 12.5 Å². The Labute approximate surface area is 124 Å². The lowest BCUT2D eigenvalue weighted by Crippen LogP contribution is -2.48. The average Bonchev–Trinajstić information content (AvgIpc) is 2.35. The molecule has 0 heterocycles. The van der Waals surface area contributed by atoms with Gasteiger partial charge < -0.3 is 17.1 Å². The molecular formula is C10H26O5Si4. The van der Waals surface area contributed by atoms with Crippen LogP contribution in [0.1, 0.15) is 13.3 Å². The van der Waals surface area contributed by atoms with Crippen molar-refractivity contribution in [3.8, 4) is 0 Å². The Kier molecular flexibility index (Phi) is 10.7. The first-order valence-electron chi connectivity index (χ1n) is 6.75. The van der Waals surface area contributed by atoms with E-state index in [2.05, 4.69) is 26.2 Å². The van der Waals surface area contributed by atoms with Gasteiger partial charge in [-0.25, -0.2) is 4.79 Å². The topological polar surface area (TPSA) is 54.0 Å². The molecule has 0 saturated carbocycles. The minimum Gasteiger partial charge on any atom is -0.462 e. The standard InChI is InChI=1S/C10H26O5Si4/c1-9(2)10(11)12-7-6-8-19(13-16-3,14-17-4)15-18-5/h1,6-8,16-18H2,2-5H3. The van der Waals surface area contributed by atoms with Crippen LogP contribution in [0.2, 0.25) is 25.7 Å². The van der Waals surface area contributed by atoms with Crippen LogP contribution in [0.3, 0.4) is 0 Å². The van der Waals surface area contributed by atoms with Crippen molar-refractivity contribution in [1.29, 1.82) is 0 Å². The molecule has 0 aromatic rings. The smallest absolute Gasteiger partial charge is 0.462 e. The van der Waals surface area contributed by atoms with E-state index in [0.29, 0.717) is 12.2 Å². The highest BCUT2D eigenvalue weighted by Gasteiger charge is 2.37. The fraction of sp³-hybridized carbons (Fsp3) is 0.700. The molecule has 0 atom stereocenters. The first kappa shape index (κ1) is 19.0. The summed E-state index contributed by atoms with van der Waals surface area (Å²) in [5, 5.41) is 0. The SMILES string of the molecule is C=C(C)C(=O)OCCC[Si](O[SiH2]C)(O[SiH2]C)O[SiH2]C. The third-order valence-electron chi connectivity index (χ3n) is 2.30. The second kappa shape index (κ2) is 10.7. The van der Waals surface area contributed by atoms with Crippen molar-refractivity contribution in [1.82, 2.24) is 0 Å². The molecule has 0 saturated heterocycles. The zero-order chi connectivity index (χ0) is 14.7. The maximum absolute atomic E-state index is 11.3. The fourth-order valence-electron chi connectivity index (χ4n) is 1.58. The van der Waals surface area contributed by atoms with Crippen LogP contribution < -0.4 is 0 Å². The van der Waals surface area contributed by atoms with Gasteiger partial charge in [0, 0.05) is 11.6 Å². The predicted octanol–water partition coefficient (Wildman–Crippen LogP) is -0.120.